The number of nitrogens with zero attached hydrogens (tertiary/aromatic N) is 3. The zero-order valence-electron chi connectivity index (χ0n) is 16.1. The fraction of sp³-hybridized carbons (Fsp3) is 0.429. The van der Waals surface area contributed by atoms with Gasteiger partial charge in [0.05, 0.1) is 0 Å². The molecule has 0 spiro atoms. The first-order valence-corrected chi connectivity index (χ1v) is 10.4. The number of hydrogen-bond acceptors (Lipinski definition) is 3. The Balaban J connectivity index is 1.54. The third-order valence-corrected chi connectivity index (χ3v) is 5.38. The summed E-state index contributed by atoms with van der Waals surface area (Å²) in [5.41, 5.74) is 3.82. The van der Waals surface area contributed by atoms with Gasteiger partial charge in [0.1, 0.15) is 0 Å². The summed E-state index contributed by atoms with van der Waals surface area (Å²) in [7, 11) is 0. The SMILES string of the molecule is CCNC(=NCCc1ccncc1C)NC1CCN(c2ccc(Br)cc2)C1. The van der Waals surface area contributed by atoms with Crippen molar-refractivity contribution >= 4 is 27.6 Å². The molecule has 2 N–H and O–H groups in total. The van der Waals surface area contributed by atoms with Crippen LogP contribution in [0.3, 0.4) is 0 Å². The van der Waals surface area contributed by atoms with Crippen LogP contribution in [0.5, 0.6) is 0 Å². The molecule has 0 bridgehead atoms. The molecule has 5 nitrogen and oxygen atoms in total. The van der Waals surface area contributed by atoms with Crippen LogP contribution in [-0.2, 0) is 6.42 Å². The van der Waals surface area contributed by atoms with E-state index in [9.17, 15) is 0 Å². The highest BCUT2D eigenvalue weighted by molar-refractivity contribution is 9.10. The molecular weight excluding hydrogens is 402 g/mol. The number of nitrogens with one attached hydrogen (secondary N) is 2. The molecule has 1 aromatic carbocycles. The molecule has 3 rings (SSSR count). The number of guanidine groups is 1. The maximum Gasteiger partial charge on any atom is 0.191 e. The summed E-state index contributed by atoms with van der Waals surface area (Å²) < 4.78 is 1.12. The van der Waals surface area contributed by atoms with Gasteiger partial charge in [-0.05, 0) is 68.1 Å². The Hall–Kier alpha value is -2.08. The van der Waals surface area contributed by atoms with E-state index < -0.39 is 0 Å². The standard InChI is InChI=1S/C21H28BrN5/c1-3-24-21(25-12-9-17-8-11-23-14-16(17)2)26-19-10-13-27(15-19)20-6-4-18(22)5-7-20/h4-8,11,14,19H,3,9-10,12-13,15H2,1-2H3,(H2,24,25,26). The quantitative estimate of drug-likeness (QED) is 0.544. The lowest BCUT2D eigenvalue weighted by Crippen LogP contribution is -2.44. The molecule has 1 saturated heterocycles. The number of hydrogen-bond donors (Lipinski definition) is 2. The van der Waals surface area contributed by atoms with Gasteiger partial charge in [-0.15, -0.1) is 0 Å². The normalized spacial score (nSPS) is 17.2. The Morgan fingerprint density at radius 1 is 1.30 bits per heavy atom. The van der Waals surface area contributed by atoms with E-state index >= 15 is 0 Å². The van der Waals surface area contributed by atoms with Crippen molar-refractivity contribution in [2.24, 2.45) is 4.99 Å². The number of benzene rings is 1. The molecule has 1 aliphatic rings. The van der Waals surface area contributed by atoms with Gasteiger partial charge in [-0.25, -0.2) is 0 Å². The third-order valence-electron chi connectivity index (χ3n) is 4.85. The Bertz CT molecular complexity index is 759. The Labute approximate surface area is 170 Å². The molecule has 0 aliphatic carbocycles. The molecular formula is C21H28BrN5. The molecule has 0 radical (unpaired) electrons. The van der Waals surface area contributed by atoms with E-state index in [4.69, 9.17) is 4.99 Å². The fourth-order valence-electron chi connectivity index (χ4n) is 3.35. The minimum Gasteiger partial charge on any atom is -0.369 e. The van der Waals surface area contributed by atoms with Crippen LogP contribution in [0.15, 0.2) is 52.2 Å². The van der Waals surface area contributed by atoms with E-state index in [1.54, 1.807) is 0 Å². The van der Waals surface area contributed by atoms with E-state index in [0.29, 0.717) is 6.04 Å². The summed E-state index contributed by atoms with van der Waals surface area (Å²) in [6.07, 6.45) is 5.81. The molecule has 1 aromatic heterocycles. The van der Waals surface area contributed by atoms with Crippen LogP contribution in [0.2, 0.25) is 0 Å². The minimum absolute atomic E-state index is 0.411. The predicted octanol–water partition coefficient (Wildman–Crippen LogP) is 3.53. The van der Waals surface area contributed by atoms with Crippen molar-refractivity contribution in [3.05, 3.63) is 58.3 Å². The molecule has 1 unspecified atom stereocenters. The number of aliphatic imine (C=N–C) groups is 1. The van der Waals surface area contributed by atoms with Crippen molar-refractivity contribution < 1.29 is 0 Å². The smallest absolute Gasteiger partial charge is 0.191 e. The monoisotopic (exact) mass is 429 g/mol. The molecule has 1 atom stereocenters. The summed E-state index contributed by atoms with van der Waals surface area (Å²) >= 11 is 3.50. The van der Waals surface area contributed by atoms with Crippen LogP contribution in [-0.4, -0.2) is 43.2 Å². The fourth-order valence-corrected chi connectivity index (χ4v) is 3.61. The first-order chi connectivity index (χ1) is 13.2. The van der Waals surface area contributed by atoms with E-state index in [2.05, 4.69) is 80.6 Å². The van der Waals surface area contributed by atoms with Crippen molar-refractivity contribution in [1.29, 1.82) is 0 Å². The highest BCUT2D eigenvalue weighted by Crippen LogP contribution is 2.22. The van der Waals surface area contributed by atoms with Crippen LogP contribution in [0, 0.1) is 6.92 Å². The van der Waals surface area contributed by atoms with Gasteiger partial charge in [0.15, 0.2) is 5.96 Å². The maximum absolute atomic E-state index is 4.77. The molecule has 27 heavy (non-hydrogen) atoms. The van der Waals surface area contributed by atoms with E-state index in [1.165, 1.54) is 16.8 Å². The van der Waals surface area contributed by atoms with Gasteiger partial charge in [0, 0.05) is 54.8 Å². The lowest BCUT2D eigenvalue weighted by molar-refractivity contribution is 0.649. The second kappa shape index (κ2) is 9.74. The Morgan fingerprint density at radius 2 is 2.11 bits per heavy atom. The molecule has 6 heteroatoms. The highest BCUT2D eigenvalue weighted by Gasteiger charge is 2.23. The predicted molar refractivity (Wildman–Crippen MR) is 117 cm³/mol. The van der Waals surface area contributed by atoms with E-state index in [0.717, 1.165) is 49.5 Å². The van der Waals surface area contributed by atoms with Gasteiger partial charge in [-0.1, -0.05) is 15.9 Å². The number of anilines is 1. The van der Waals surface area contributed by atoms with Crippen LogP contribution in [0.1, 0.15) is 24.5 Å². The third kappa shape index (κ3) is 5.70. The summed E-state index contributed by atoms with van der Waals surface area (Å²) in [5.74, 6) is 0.909. The van der Waals surface area contributed by atoms with Crippen molar-refractivity contribution in [3.63, 3.8) is 0 Å². The second-order valence-corrected chi connectivity index (χ2v) is 7.78. The van der Waals surface area contributed by atoms with E-state index in [-0.39, 0.29) is 0 Å². The van der Waals surface area contributed by atoms with Crippen LogP contribution < -0.4 is 15.5 Å². The first kappa shape index (κ1) is 19.7. The van der Waals surface area contributed by atoms with Crippen molar-refractivity contribution in [2.45, 2.75) is 32.7 Å². The summed E-state index contributed by atoms with van der Waals surface area (Å²) in [6.45, 7) is 7.90. The van der Waals surface area contributed by atoms with Gasteiger partial charge < -0.3 is 15.5 Å². The number of aryl methyl sites for hydroxylation is 1. The lowest BCUT2D eigenvalue weighted by atomic mass is 10.1. The summed E-state index contributed by atoms with van der Waals surface area (Å²) in [5, 5.41) is 6.98. The molecule has 2 aromatic rings. The maximum atomic E-state index is 4.77. The minimum atomic E-state index is 0.411. The molecule has 0 saturated carbocycles. The lowest BCUT2D eigenvalue weighted by Gasteiger charge is -2.20. The molecule has 144 valence electrons. The second-order valence-electron chi connectivity index (χ2n) is 6.87. The summed E-state index contributed by atoms with van der Waals surface area (Å²) in [6, 6.07) is 11.0. The van der Waals surface area contributed by atoms with Crippen LogP contribution in [0.4, 0.5) is 5.69 Å². The van der Waals surface area contributed by atoms with Gasteiger partial charge in [0.25, 0.3) is 0 Å². The van der Waals surface area contributed by atoms with Gasteiger partial charge in [0.2, 0.25) is 0 Å². The van der Waals surface area contributed by atoms with Crippen LogP contribution in [0.25, 0.3) is 0 Å². The number of aromatic nitrogens is 1. The Kier molecular flexibility index (Phi) is 7.10. The van der Waals surface area contributed by atoms with Gasteiger partial charge >= 0.3 is 0 Å². The van der Waals surface area contributed by atoms with Crippen molar-refractivity contribution in [3.8, 4) is 0 Å². The largest absolute Gasteiger partial charge is 0.369 e. The molecule has 2 heterocycles. The average Bonchev–Trinajstić information content (AvgIpc) is 3.12. The summed E-state index contributed by atoms with van der Waals surface area (Å²) in [4.78, 5) is 11.4. The number of halogens is 1. The van der Waals surface area contributed by atoms with Crippen LogP contribution >= 0.6 is 15.9 Å². The zero-order chi connectivity index (χ0) is 19.1. The molecule has 0 amide bonds. The zero-order valence-corrected chi connectivity index (χ0v) is 17.7. The molecule has 1 fully saturated rings. The number of pyridine rings is 1. The first-order valence-electron chi connectivity index (χ1n) is 9.60. The van der Waals surface area contributed by atoms with Gasteiger partial charge in [-0.3, -0.25) is 9.98 Å². The van der Waals surface area contributed by atoms with Crippen molar-refractivity contribution in [2.75, 3.05) is 31.1 Å². The number of rotatable bonds is 6. The van der Waals surface area contributed by atoms with Crippen molar-refractivity contribution in [1.82, 2.24) is 15.6 Å². The topological polar surface area (TPSA) is 52.6 Å². The average molecular weight is 430 g/mol. The Morgan fingerprint density at radius 3 is 2.85 bits per heavy atom. The molecule has 1 aliphatic heterocycles. The highest BCUT2D eigenvalue weighted by atomic mass is 79.9. The van der Waals surface area contributed by atoms with E-state index in [1.807, 2.05) is 12.4 Å². The van der Waals surface area contributed by atoms with Gasteiger partial charge in [-0.2, -0.15) is 0 Å².